The molecule has 0 aliphatic carbocycles. The third-order valence-corrected chi connectivity index (χ3v) is 4.29. The Hall–Kier alpha value is -0.220. The van der Waals surface area contributed by atoms with Gasteiger partial charge in [-0.1, -0.05) is 6.92 Å². The summed E-state index contributed by atoms with van der Waals surface area (Å²) in [6, 6.07) is 0. The van der Waals surface area contributed by atoms with Gasteiger partial charge in [-0.2, -0.15) is 12.6 Å². The van der Waals surface area contributed by atoms with Crippen molar-refractivity contribution < 1.29 is 9.53 Å². The first-order chi connectivity index (χ1) is 7.14. The Morgan fingerprint density at radius 2 is 2.47 bits per heavy atom. The maximum atomic E-state index is 12.1. The van der Waals surface area contributed by atoms with E-state index in [0.717, 1.165) is 38.3 Å². The van der Waals surface area contributed by atoms with E-state index in [1.165, 1.54) is 0 Å². The van der Waals surface area contributed by atoms with Gasteiger partial charge in [-0.3, -0.25) is 4.79 Å². The van der Waals surface area contributed by atoms with E-state index in [2.05, 4.69) is 19.6 Å². The topological polar surface area (TPSA) is 29.5 Å². The molecule has 0 saturated carbocycles. The van der Waals surface area contributed by atoms with Crippen molar-refractivity contribution in [1.29, 1.82) is 0 Å². The molecule has 0 aromatic heterocycles. The first-order valence-corrected chi connectivity index (χ1v) is 6.25. The second-order valence-corrected chi connectivity index (χ2v) is 5.36. The molecule has 2 heterocycles. The Morgan fingerprint density at radius 1 is 1.67 bits per heavy atom. The summed E-state index contributed by atoms with van der Waals surface area (Å²) in [7, 11) is 0. The molecule has 2 saturated heterocycles. The quantitative estimate of drug-likeness (QED) is 0.721. The number of ether oxygens (including phenoxy) is 1. The zero-order chi connectivity index (χ0) is 10.9. The molecular formula is C11H19NO2S. The van der Waals surface area contributed by atoms with Crippen LogP contribution in [0.5, 0.6) is 0 Å². The van der Waals surface area contributed by atoms with Crippen LogP contribution in [0.2, 0.25) is 0 Å². The monoisotopic (exact) mass is 229 g/mol. The molecule has 0 radical (unpaired) electrons. The number of carbonyl (C=O) groups excluding carboxylic acids is 1. The molecule has 0 aromatic carbocycles. The van der Waals surface area contributed by atoms with Crippen molar-refractivity contribution >= 4 is 18.5 Å². The lowest BCUT2D eigenvalue weighted by molar-refractivity contribution is -0.134. The van der Waals surface area contributed by atoms with Gasteiger partial charge in [0.2, 0.25) is 5.91 Å². The number of thiol groups is 1. The van der Waals surface area contributed by atoms with Crippen LogP contribution in [0, 0.1) is 11.3 Å². The summed E-state index contributed by atoms with van der Waals surface area (Å²) in [5, 5.41) is 0. The molecule has 0 bridgehead atoms. The van der Waals surface area contributed by atoms with Gasteiger partial charge in [0.25, 0.3) is 0 Å². The lowest BCUT2D eigenvalue weighted by Gasteiger charge is -2.23. The number of nitrogens with zero attached hydrogens (tertiary/aromatic N) is 1. The first kappa shape index (κ1) is 11.3. The Morgan fingerprint density at radius 3 is 3.00 bits per heavy atom. The minimum Gasteiger partial charge on any atom is -0.381 e. The summed E-state index contributed by atoms with van der Waals surface area (Å²) in [5.74, 6) is 1.27. The highest BCUT2D eigenvalue weighted by atomic mass is 32.1. The van der Waals surface area contributed by atoms with Gasteiger partial charge in [-0.25, -0.2) is 0 Å². The predicted molar refractivity (Wildman–Crippen MR) is 62.1 cm³/mol. The lowest BCUT2D eigenvalue weighted by Crippen LogP contribution is -2.36. The van der Waals surface area contributed by atoms with Crippen molar-refractivity contribution in [2.24, 2.45) is 11.3 Å². The smallest absolute Gasteiger partial charge is 0.228 e. The Kier molecular flexibility index (Phi) is 3.26. The number of likely N-dealkylation sites (tertiary alicyclic amines) is 1. The van der Waals surface area contributed by atoms with Gasteiger partial charge >= 0.3 is 0 Å². The highest BCUT2D eigenvalue weighted by Gasteiger charge is 2.37. The highest BCUT2D eigenvalue weighted by Crippen LogP contribution is 2.32. The zero-order valence-corrected chi connectivity index (χ0v) is 10.1. The fraction of sp³-hybridized carbons (Fsp3) is 0.909. The van der Waals surface area contributed by atoms with Crippen LogP contribution in [-0.4, -0.2) is 42.9 Å². The van der Waals surface area contributed by atoms with Gasteiger partial charge in [-0.05, 0) is 24.0 Å². The molecule has 4 heteroatoms. The molecule has 86 valence electrons. The number of rotatable bonds is 2. The van der Waals surface area contributed by atoms with Gasteiger partial charge in [0.05, 0.1) is 12.5 Å². The summed E-state index contributed by atoms with van der Waals surface area (Å²) in [5.41, 5.74) is 0.220. The van der Waals surface area contributed by atoms with Gasteiger partial charge < -0.3 is 9.64 Å². The molecule has 2 fully saturated rings. The van der Waals surface area contributed by atoms with Crippen molar-refractivity contribution in [3.63, 3.8) is 0 Å². The average molecular weight is 229 g/mol. The van der Waals surface area contributed by atoms with Crippen molar-refractivity contribution in [2.45, 2.75) is 19.8 Å². The summed E-state index contributed by atoms with van der Waals surface area (Å²) in [6.45, 7) is 5.33. The largest absolute Gasteiger partial charge is 0.381 e. The molecule has 0 spiro atoms. The van der Waals surface area contributed by atoms with Crippen LogP contribution in [-0.2, 0) is 9.53 Å². The number of hydrogen-bond donors (Lipinski definition) is 1. The lowest BCUT2D eigenvalue weighted by atomic mass is 9.93. The van der Waals surface area contributed by atoms with E-state index < -0.39 is 0 Å². The summed E-state index contributed by atoms with van der Waals surface area (Å²) < 4.78 is 5.25. The number of carbonyl (C=O) groups is 1. The highest BCUT2D eigenvalue weighted by molar-refractivity contribution is 7.80. The van der Waals surface area contributed by atoms with Crippen molar-refractivity contribution in [3.8, 4) is 0 Å². The zero-order valence-electron chi connectivity index (χ0n) is 9.24. The minimum absolute atomic E-state index is 0.118. The molecule has 2 aliphatic rings. The van der Waals surface area contributed by atoms with Gasteiger partial charge in [0.15, 0.2) is 0 Å². The van der Waals surface area contributed by atoms with E-state index in [0.29, 0.717) is 6.61 Å². The Balaban J connectivity index is 1.92. The molecule has 3 nitrogen and oxygen atoms in total. The van der Waals surface area contributed by atoms with E-state index >= 15 is 0 Å². The van der Waals surface area contributed by atoms with Crippen molar-refractivity contribution in [2.75, 3.05) is 32.1 Å². The number of hydrogen-bond acceptors (Lipinski definition) is 3. The molecule has 0 aromatic rings. The van der Waals surface area contributed by atoms with Gasteiger partial charge in [-0.15, -0.1) is 0 Å². The van der Waals surface area contributed by atoms with Crippen LogP contribution in [0.3, 0.4) is 0 Å². The molecule has 2 atom stereocenters. The summed E-state index contributed by atoms with van der Waals surface area (Å²) in [4.78, 5) is 14.1. The fourth-order valence-corrected chi connectivity index (χ4v) is 2.59. The maximum Gasteiger partial charge on any atom is 0.228 e. The molecule has 2 aliphatic heterocycles. The third-order valence-electron chi connectivity index (χ3n) is 3.53. The molecule has 2 rings (SSSR count). The molecule has 2 unspecified atom stereocenters. The molecule has 1 amide bonds. The van der Waals surface area contributed by atoms with Gasteiger partial charge in [0.1, 0.15) is 0 Å². The third kappa shape index (κ3) is 2.31. The second-order valence-electron chi connectivity index (χ2n) is 5.04. The maximum absolute atomic E-state index is 12.1. The Labute approximate surface area is 96.6 Å². The van der Waals surface area contributed by atoms with Crippen LogP contribution in [0.15, 0.2) is 0 Å². The van der Waals surface area contributed by atoms with E-state index in [1.54, 1.807) is 0 Å². The second kappa shape index (κ2) is 4.34. The van der Waals surface area contributed by atoms with E-state index in [-0.39, 0.29) is 17.2 Å². The molecular weight excluding hydrogens is 210 g/mol. The summed E-state index contributed by atoms with van der Waals surface area (Å²) in [6.07, 6.45) is 1.97. The molecule has 15 heavy (non-hydrogen) atoms. The first-order valence-electron chi connectivity index (χ1n) is 5.62. The van der Waals surface area contributed by atoms with Gasteiger partial charge in [0, 0.05) is 19.7 Å². The SMILES string of the molecule is CC1(CS)CCN(C(=O)C2CCOC2)C1. The summed E-state index contributed by atoms with van der Waals surface area (Å²) >= 11 is 4.36. The number of amides is 1. The molecule has 0 N–H and O–H groups in total. The van der Waals surface area contributed by atoms with E-state index in [4.69, 9.17) is 4.74 Å². The van der Waals surface area contributed by atoms with Crippen molar-refractivity contribution in [1.82, 2.24) is 4.90 Å². The minimum atomic E-state index is 0.118. The van der Waals surface area contributed by atoms with Crippen LogP contribution >= 0.6 is 12.6 Å². The van der Waals surface area contributed by atoms with E-state index in [1.807, 2.05) is 4.90 Å². The fourth-order valence-electron chi connectivity index (χ4n) is 2.33. The standard InChI is InChI=1S/C11H19NO2S/c1-11(8-15)3-4-12(7-11)10(13)9-2-5-14-6-9/h9,15H,2-8H2,1H3. The Bertz CT molecular complexity index is 253. The normalized spacial score (nSPS) is 36.1. The van der Waals surface area contributed by atoms with Crippen molar-refractivity contribution in [3.05, 3.63) is 0 Å². The van der Waals surface area contributed by atoms with Crippen LogP contribution in [0.1, 0.15) is 19.8 Å². The van der Waals surface area contributed by atoms with Crippen LogP contribution < -0.4 is 0 Å². The predicted octanol–water partition coefficient (Wildman–Crippen LogP) is 1.19. The van der Waals surface area contributed by atoms with E-state index in [9.17, 15) is 4.79 Å². The van der Waals surface area contributed by atoms with Crippen LogP contribution in [0.4, 0.5) is 0 Å². The van der Waals surface area contributed by atoms with Crippen LogP contribution in [0.25, 0.3) is 0 Å². The average Bonchev–Trinajstić information content (AvgIpc) is 2.86.